The van der Waals surface area contributed by atoms with Gasteiger partial charge in [0.05, 0.1) is 24.9 Å². The molecule has 4 aromatic heterocycles. The van der Waals surface area contributed by atoms with Gasteiger partial charge in [0.25, 0.3) is 0 Å². The summed E-state index contributed by atoms with van der Waals surface area (Å²) in [7, 11) is 0. The normalized spacial score (nSPS) is 15.2. The summed E-state index contributed by atoms with van der Waals surface area (Å²) < 4.78 is 16.9. The largest absolute Gasteiger partial charge is 0.394 e. The number of benzene rings is 1. The number of anilines is 2. The van der Waals surface area contributed by atoms with E-state index in [-0.39, 0.29) is 24.8 Å². The number of piperazine rings is 1. The molecule has 40 heavy (non-hydrogen) atoms. The van der Waals surface area contributed by atoms with Crippen LogP contribution in [0.1, 0.15) is 18.1 Å². The molecule has 1 atom stereocenters. The summed E-state index contributed by atoms with van der Waals surface area (Å²) in [4.78, 5) is 18.2. The van der Waals surface area contributed by atoms with Crippen LogP contribution in [0.4, 0.5) is 16.2 Å². The van der Waals surface area contributed by atoms with Crippen molar-refractivity contribution >= 4 is 29.7 Å². The Balaban J connectivity index is 0.00000323. The van der Waals surface area contributed by atoms with Crippen molar-refractivity contribution < 1.29 is 9.50 Å². The number of aliphatic hydroxyl groups is 1. The summed E-state index contributed by atoms with van der Waals surface area (Å²) in [5.41, 5.74) is 10.1. The topological polar surface area (TPSA) is 127 Å². The molecule has 1 aliphatic heterocycles. The molecule has 0 amide bonds. The molecule has 1 saturated heterocycles. The highest BCUT2D eigenvalue weighted by Crippen LogP contribution is 2.29. The second-order valence-corrected chi connectivity index (χ2v) is 9.81. The maximum Gasteiger partial charge on any atom is 0.225 e. The van der Waals surface area contributed by atoms with Gasteiger partial charge in [0, 0.05) is 67.7 Å². The minimum absolute atomic E-state index is 0. The van der Waals surface area contributed by atoms with E-state index in [1.54, 1.807) is 41.7 Å². The number of aromatic nitrogens is 7. The zero-order valence-electron chi connectivity index (χ0n) is 21.9. The van der Waals surface area contributed by atoms with Crippen LogP contribution < -0.4 is 15.5 Å². The molecule has 0 unspecified atom stereocenters. The van der Waals surface area contributed by atoms with Gasteiger partial charge in [0.2, 0.25) is 5.95 Å². The Morgan fingerprint density at radius 3 is 2.30 bits per heavy atom. The van der Waals surface area contributed by atoms with Gasteiger partial charge in [-0.1, -0.05) is 12.1 Å². The van der Waals surface area contributed by atoms with Crippen molar-refractivity contribution in [3.05, 3.63) is 84.6 Å². The van der Waals surface area contributed by atoms with Crippen molar-refractivity contribution in [1.29, 1.82) is 0 Å². The number of hydrogen-bond acceptors (Lipinski definition) is 9. The average molecular weight is 565 g/mol. The molecule has 1 aliphatic rings. The molecule has 1 fully saturated rings. The molecule has 5 heterocycles. The Bertz CT molecular complexity index is 1580. The van der Waals surface area contributed by atoms with E-state index in [0.717, 1.165) is 59.8 Å². The molecule has 208 valence electrons. The predicted octanol–water partition coefficient (Wildman–Crippen LogP) is 2.48. The van der Waals surface area contributed by atoms with Gasteiger partial charge in [-0.15, -0.1) is 12.4 Å². The second kappa shape index (κ2) is 11.2. The first kappa shape index (κ1) is 27.4. The van der Waals surface area contributed by atoms with Gasteiger partial charge in [-0.2, -0.15) is 10.2 Å². The van der Waals surface area contributed by atoms with Gasteiger partial charge in [-0.05, 0) is 30.7 Å². The lowest BCUT2D eigenvalue weighted by atomic mass is 9.87. The molecule has 13 heteroatoms. The minimum atomic E-state index is -0.836. The summed E-state index contributed by atoms with van der Waals surface area (Å²) >= 11 is 0. The molecule has 6 rings (SSSR count). The van der Waals surface area contributed by atoms with Gasteiger partial charge in [-0.25, -0.2) is 23.9 Å². The fourth-order valence-corrected chi connectivity index (χ4v) is 4.89. The third kappa shape index (κ3) is 5.20. The summed E-state index contributed by atoms with van der Waals surface area (Å²) in [5, 5.41) is 17.9. The van der Waals surface area contributed by atoms with Crippen LogP contribution in [0.3, 0.4) is 0 Å². The fourth-order valence-electron chi connectivity index (χ4n) is 4.89. The third-order valence-electron chi connectivity index (χ3n) is 7.23. The van der Waals surface area contributed by atoms with Crippen molar-refractivity contribution in [3.63, 3.8) is 0 Å². The summed E-state index contributed by atoms with van der Waals surface area (Å²) in [5.74, 6) is 1.21. The maximum atomic E-state index is 13.4. The monoisotopic (exact) mass is 564 g/mol. The van der Waals surface area contributed by atoms with Crippen LogP contribution in [0.5, 0.6) is 0 Å². The van der Waals surface area contributed by atoms with E-state index in [2.05, 4.69) is 41.0 Å². The van der Waals surface area contributed by atoms with Crippen LogP contribution in [0.25, 0.3) is 16.6 Å². The highest BCUT2D eigenvalue weighted by molar-refractivity contribution is 5.85. The SMILES string of the molecule is C[C@](N)(c1ccc(F)cc1)c1cnc(N2CCN(c3ncnn4cc(-c5cnn(CCO)c5)cc34)CC2)nc1.Cl. The second-order valence-electron chi connectivity index (χ2n) is 9.81. The van der Waals surface area contributed by atoms with Gasteiger partial charge >= 0.3 is 0 Å². The third-order valence-corrected chi connectivity index (χ3v) is 7.23. The van der Waals surface area contributed by atoms with Gasteiger partial charge in [-0.3, -0.25) is 4.68 Å². The van der Waals surface area contributed by atoms with E-state index in [0.29, 0.717) is 12.5 Å². The van der Waals surface area contributed by atoms with Crippen molar-refractivity contribution in [2.75, 3.05) is 42.6 Å². The molecule has 0 bridgehead atoms. The molecule has 3 N–H and O–H groups in total. The molecule has 0 saturated carbocycles. The quantitative estimate of drug-likeness (QED) is 0.306. The number of halogens is 2. The highest BCUT2D eigenvalue weighted by atomic mass is 35.5. The summed E-state index contributed by atoms with van der Waals surface area (Å²) in [6.45, 7) is 5.32. The predicted molar refractivity (Wildman–Crippen MR) is 152 cm³/mol. The number of fused-ring (bicyclic) bond motifs is 1. The first-order chi connectivity index (χ1) is 18.9. The summed E-state index contributed by atoms with van der Waals surface area (Å²) in [6.07, 6.45) is 10.7. The van der Waals surface area contributed by atoms with Crippen LogP contribution in [-0.4, -0.2) is 72.2 Å². The van der Waals surface area contributed by atoms with E-state index in [1.165, 1.54) is 12.1 Å². The van der Waals surface area contributed by atoms with Crippen molar-refractivity contribution in [2.45, 2.75) is 19.0 Å². The molecule has 0 aliphatic carbocycles. The fraction of sp³-hybridized carbons (Fsp3) is 0.296. The Hall–Kier alpha value is -4.13. The van der Waals surface area contributed by atoms with E-state index in [9.17, 15) is 4.39 Å². The van der Waals surface area contributed by atoms with E-state index >= 15 is 0 Å². The Kier molecular flexibility index (Phi) is 7.66. The van der Waals surface area contributed by atoms with Gasteiger partial charge in [0.1, 0.15) is 17.7 Å². The molecular formula is C27H30ClFN10O. The number of nitrogens with zero attached hydrogens (tertiary/aromatic N) is 9. The van der Waals surface area contributed by atoms with Crippen molar-refractivity contribution in [1.82, 2.24) is 34.3 Å². The summed E-state index contributed by atoms with van der Waals surface area (Å²) in [6, 6.07) is 8.24. The average Bonchev–Trinajstić information content (AvgIpc) is 3.61. The lowest BCUT2D eigenvalue weighted by Crippen LogP contribution is -2.47. The van der Waals surface area contributed by atoms with Crippen LogP contribution in [0, 0.1) is 5.82 Å². The zero-order valence-corrected chi connectivity index (χ0v) is 22.7. The molecule has 11 nitrogen and oxygen atoms in total. The van der Waals surface area contributed by atoms with Crippen molar-refractivity contribution in [3.8, 4) is 11.1 Å². The number of hydrogen-bond donors (Lipinski definition) is 2. The van der Waals surface area contributed by atoms with Crippen LogP contribution in [0.15, 0.2) is 67.6 Å². The number of nitrogens with two attached hydrogens (primary N) is 1. The molecule has 1 aromatic carbocycles. The number of rotatable bonds is 7. The highest BCUT2D eigenvalue weighted by Gasteiger charge is 2.26. The lowest BCUT2D eigenvalue weighted by molar-refractivity contribution is 0.269. The maximum absolute atomic E-state index is 13.4. The molecule has 0 spiro atoms. The Labute approximate surface area is 236 Å². The Morgan fingerprint density at radius 1 is 0.900 bits per heavy atom. The van der Waals surface area contributed by atoms with Gasteiger partial charge in [0.15, 0.2) is 5.82 Å². The van der Waals surface area contributed by atoms with Crippen LogP contribution >= 0.6 is 12.4 Å². The van der Waals surface area contributed by atoms with Crippen LogP contribution in [0.2, 0.25) is 0 Å². The molecule has 0 radical (unpaired) electrons. The Morgan fingerprint density at radius 2 is 1.60 bits per heavy atom. The van der Waals surface area contributed by atoms with E-state index < -0.39 is 5.54 Å². The standard InChI is InChI=1S/C27H29FN10O.ClH/c1-27(29,21-2-4-23(28)5-3-21)22-14-30-26(31-15-22)36-8-6-35(7-9-36)25-24-12-19(17-38(24)34-18-32-25)20-13-33-37(16-20)10-11-39;/h2-5,12-18,39H,6-11,29H2,1H3;1H/t27-;/m0./s1. The smallest absolute Gasteiger partial charge is 0.225 e. The first-order valence-electron chi connectivity index (χ1n) is 12.8. The zero-order chi connectivity index (χ0) is 27.0. The molecular weight excluding hydrogens is 535 g/mol. The molecule has 5 aromatic rings. The van der Waals surface area contributed by atoms with E-state index in [4.69, 9.17) is 10.8 Å². The van der Waals surface area contributed by atoms with E-state index in [1.807, 2.05) is 23.8 Å². The van der Waals surface area contributed by atoms with Crippen molar-refractivity contribution in [2.24, 2.45) is 5.73 Å². The minimum Gasteiger partial charge on any atom is -0.394 e. The number of aliphatic hydroxyl groups excluding tert-OH is 1. The van der Waals surface area contributed by atoms with Gasteiger partial charge < -0.3 is 20.6 Å². The first-order valence-corrected chi connectivity index (χ1v) is 12.8. The lowest BCUT2D eigenvalue weighted by Gasteiger charge is -2.35. The van der Waals surface area contributed by atoms with Crippen LogP contribution in [-0.2, 0) is 12.1 Å².